The molecule has 0 spiro atoms. The molecule has 2 aliphatic heterocycles. The Morgan fingerprint density at radius 2 is 2.13 bits per heavy atom. The molecule has 2 fully saturated rings. The van der Waals surface area contributed by atoms with Crippen molar-refractivity contribution in [3.63, 3.8) is 0 Å². The van der Waals surface area contributed by atoms with E-state index >= 15 is 0 Å². The molecule has 1 N–H and O–H groups in total. The van der Waals surface area contributed by atoms with Crippen LogP contribution >= 0.6 is 0 Å². The highest BCUT2D eigenvalue weighted by molar-refractivity contribution is 5.83. The highest BCUT2D eigenvalue weighted by Gasteiger charge is 2.29. The van der Waals surface area contributed by atoms with Crippen LogP contribution in [0.5, 0.6) is 0 Å². The largest absolute Gasteiger partial charge is 0.378 e. The van der Waals surface area contributed by atoms with Crippen LogP contribution in [0.4, 0.5) is 0 Å². The van der Waals surface area contributed by atoms with Gasteiger partial charge in [0.1, 0.15) is 0 Å². The van der Waals surface area contributed by atoms with Gasteiger partial charge in [0, 0.05) is 42.8 Å². The third-order valence-electron chi connectivity index (χ3n) is 5.03. The third kappa shape index (κ3) is 2.99. The Hall–Kier alpha value is -1.85. The summed E-state index contributed by atoms with van der Waals surface area (Å²) in [5.41, 5.74) is 2.47. The number of carbonyl (C=O) groups is 1. The molecule has 23 heavy (non-hydrogen) atoms. The lowest BCUT2D eigenvalue weighted by atomic mass is 10.0. The zero-order chi connectivity index (χ0) is 15.6. The standard InChI is InChI=1S/C18H23N3O2/c22-18(20-6-3-7-20)12-21-8-9-23-13-15(21)10-14-11-19-17-5-2-1-4-16(14)17/h1-2,4-5,11,15,19H,3,6-10,12-13H2. The van der Waals surface area contributed by atoms with Crippen molar-refractivity contribution in [2.75, 3.05) is 39.4 Å². The maximum absolute atomic E-state index is 12.3. The Morgan fingerprint density at radius 3 is 2.96 bits per heavy atom. The fourth-order valence-electron chi connectivity index (χ4n) is 3.48. The molecule has 4 rings (SSSR count). The Balaban J connectivity index is 1.47. The number of aromatic amines is 1. The van der Waals surface area contributed by atoms with Gasteiger partial charge in [-0.1, -0.05) is 18.2 Å². The monoisotopic (exact) mass is 313 g/mol. The minimum absolute atomic E-state index is 0.266. The molecule has 2 aromatic rings. The molecule has 2 aliphatic rings. The second-order valence-corrected chi connectivity index (χ2v) is 6.50. The number of morpholine rings is 1. The van der Waals surface area contributed by atoms with Gasteiger partial charge in [-0.15, -0.1) is 0 Å². The SMILES string of the molecule is O=C(CN1CCOCC1Cc1c[nH]c2ccccc12)N1CCC1. The first kappa shape index (κ1) is 14.7. The Labute approximate surface area is 136 Å². The Kier molecular flexibility index (Phi) is 4.06. The maximum atomic E-state index is 12.3. The molecule has 5 heteroatoms. The summed E-state index contributed by atoms with van der Waals surface area (Å²) in [6, 6.07) is 8.64. The maximum Gasteiger partial charge on any atom is 0.236 e. The minimum atomic E-state index is 0.266. The van der Waals surface area contributed by atoms with Crippen molar-refractivity contribution >= 4 is 16.8 Å². The van der Waals surface area contributed by atoms with E-state index in [0.29, 0.717) is 13.2 Å². The smallest absolute Gasteiger partial charge is 0.236 e. The number of hydrogen-bond donors (Lipinski definition) is 1. The number of rotatable bonds is 4. The number of para-hydroxylation sites is 1. The van der Waals surface area contributed by atoms with Gasteiger partial charge < -0.3 is 14.6 Å². The van der Waals surface area contributed by atoms with Gasteiger partial charge in [0.15, 0.2) is 0 Å². The number of hydrogen-bond acceptors (Lipinski definition) is 3. The molecule has 1 unspecified atom stereocenters. The number of benzene rings is 1. The van der Waals surface area contributed by atoms with Crippen LogP contribution < -0.4 is 0 Å². The van der Waals surface area contributed by atoms with Crippen molar-refractivity contribution < 1.29 is 9.53 Å². The predicted octanol–water partition coefficient (Wildman–Crippen LogP) is 1.64. The zero-order valence-corrected chi connectivity index (χ0v) is 13.3. The molecule has 0 saturated carbocycles. The fraction of sp³-hybridized carbons (Fsp3) is 0.500. The van der Waals surface area contributed by atoms with Gasteiger partial charge in [-0.2, -0.15) is 0 Å². The Bertz CT molecular complexity index is 692. The topological polar surface area (TPSA) is 48.6 Å². The van der Waals surface area contributed by atoms with E-state index in [1.54, 1.807) is 0 Å². The van der Waals surface area contributed by atoms with Gasteiger partial charge in [0.2, 0.25) is 5.91 Å². The van der Waals surface area contributed by atoms with Crippen molar-refractivity contribution in [1.29, 1.82) is 0 Å². The normalized spacial score (nSPS) is 22.3. The highest BCUT2D eigenvalue weighted by atomic mass is 16.5. The first-order valence-corrected chi connectivity index (χ1v) is 8.46. The molecule has 1 aromatic heterocycles. The number of carbonyl (C=O) groups excluding carboxylic acids is 1. The first-order chi connectivity index (χ1) is 11.3. The van der Waals surface area contributed by atoms with E-state index in [2.05, 4.69) is 34.3 Å². The first-order valence-electron chi connectivity index (χ1n) is 8.46. The molecule has 2 saturated heterocycles. The molecule has 3 heterocycles. The fourth-order valence-corrected chi connectivity index (χ4v) is 3.48. The zero-order valence-electron chi connectivity index (χ0n) is 13.3. The van der Waals surface area contributed by atoms with Crippen LogP contribution in [-0.2, 0) is 16.0 Å². The van der Waals surface area contributed by atoms with Crippen molar-refractivity contribution in [1.82, 2.24) is 14.8 Å². The van der Waals surface area contributed by atoms with E-state index in [4.69, 9.17) is 4.74 Å². The van der Waals surface area contributed by atoms with Crippen molar-refractivity contribution in [3.05, 3.63) is 36.0 Å². The van der Waals surface area contributed by atoms with E-state index in [0.717, 1.165) is 39.1 Å². The number of likely N-dealkylation sites (tertiary alicyclic amines) is 1. The van der Waals surface area contributed by atoms with Gasteiger partial charge in [-0.3, -0.25) is 9.69 Å². The molecule has 0 bridgehead atoms. The predicted molar refractivity (Wildman–Crippen MR) is 89.4 cm³/mol. The molecule has 1 atom stereocenters. The summed E-state index contributed by atoms with van der Waals surface area (Å²) in [5, 5.41) is 1.27. The Morgan fingerprint density at radius 1 is 1.26 bits per heavy atom. The van der Waals surface area contributed by atoms with Crippen molar-refractivity contribution in [2.24, 2.45) is 0 Å². The summed E-state index contributed by atoms with van der Waals surface area (Å²) in [5.74, 6) is 0.266. The van der Waals surface area contributed by atoms with E-state index in [-0.39, 0.29) is 11.9 Å². The van der Waals surface area contributed by atoms with Crippen LogP contribution in [-0.4, -0.2) is 66.1 Å². The summed E-state index contributed by atoms with van der Waals surface area (Å²) in [6.07, 6.45) is 4.15. The summed E-state index contributed by atoms with van der Waals surface area (Å²) in [6.45, 7) is 4.64. The van der Waals surface area contributed by atoms with Crippen LogP contribution in [0, 0.1) is 0 Å². The lowest BCUT2D eigenvalue weighted by molar-refractivity contribution is -0.138. The van der Waals surface area contributed by atoms with Gasteiger partial charge in [0.25, 0.3) is 0 Å². The average Bonchev–Trinajstić information content (AvgIpc) is 2.91. The van der Waals surface area contributed by atoms with Crippen LogP contribution in [0.15, 0.2) is 30.5 Å². The average molecular weight is 313 g/mol. The van der Waals surface area contributed by atoms with Gasteiger partial charge in [-0.25, -0.2) is 0 Å². The summed E-state index contributed by atoms with van der Waals surface area (Å²) < 4.78 is 5.68. The van der Waals surface area contributed by atoms with E-state index < -0.39 is 0 Å². The molecular formula is C18H23N3O2. The number of nitrogens with zero attached hydrogens (tertiary/aromatic N) is 2. The summed E-state index contributed by atoms with van der Waals surface area (Å²) in [7, 11) is 0. The van der Waals surface area contributed by atoms with Crippen LogP contribution in [0.3, 0.4) is 0 Å². The van der Waals surface area contributed by atoms with Crippen LogP contribution in [0.1, 0.15) is 12.0 Å². The molecule has 0 radical (unpaired) electrons. The quantitative estimate of drug-likeness (QED) is 0.933. The molecule has 122 valence electrons. The molecule has 0 aliphatic carbocycles. The molecule has 5 nitrogen and oxygen atoms in total. The number of nitrogens with one attached hydrogen (secondary N) is 1. The minimum Gasteiger partial charge on any atom is -0.378 e. The molecule has 1 amide bonds. The summed E-state index contributed by atoms with van der Waals surface area (Å²) in [4.78, 5) is 19.9. The van der Waals surface area contributed by atoms with Gasteiger partial charge in [-0.05, 0) is 24.5 Å². The lowest BCUT2D eigenvalue weighted by Crippen LogP contribution is -2.53. The summed E-state index contributed by atoms with van der Waals surface area (Å²) >= 11 is 0. The highest BCUT2D eigenvalue weighted by Crippen LogP contribution is 2.22. The van der Waals surface area contributed by atoms with E-state index in [9.17, 15) is 4.79 Å². The van der Waals surface area contributed by atoms with Crippen LogP contribution in [0.2, 0.25) is 0 Å². The number of ether oxygens (including phenoxy) is 1. The lowest BCUT2D eigenvalue weighted by Gasteiger charge is -2.38. The molecular weight excluding hydrogens is 290 g/mol. The van der Waals surface area contributed by atoms with Crippen molar-refractivity contribution in [3.8, 4) is 0 Å². The second kappa shape index (κ2) is 6.34. The van der Waals surface area contributed by atoms with Gasteiger partial charge in [0.05, 0.1) is 19.8 Å². The number of H-pyrrole nitrogens is 1. The number of amides is 1. The second-order valence-electron chi connectivity index (χ2n) is 6.50. The van der Waals surface area contributed by atoms with E-state index in [1.165, 1.54) is 16.5 Å². The van der Waals surface area contributed by atoms with Crippen molar-refractivity contribution in [2.45, 2.75) is 18.9 Å². The molecule has 1 aromatic carbocycles. The van der Waals surface area contributed by atoms with E-state index in [1.807, 2.05) is 11.0 Å². The third-order valence-corrected chi connectivity index (χ3v) is 5.03. The van der Waals surface area contributed by atoms with Gasteiger partial charge >= 0.3 is 0 Å². The number of fused-ring (bicyclic) bond motifs is 1. The van der Waals surface area contributed by atoms with Crippen LogP contribution in [0.25, 0.3) is 10.9 Å². The number of aromatic nitrogens is 1.